The molecule has 0 radical (unpaired) electrons. The number of rotatable bonds is 4. The maximum atomic E-state index is 12.9. The molecule has 164 valence electrons. The van der Waals surface area contributed by atoms with Gasteiger partial charge in [-0.15, -0.1) is 0 Å². The number of amides is 1. The number of anilines is 1. The molecule has 3 aliphatic rings. The van der Waals surface area contributed by atoms with Gasteiger partial charge in [-0.25, -0.2) is 9.97 Å². The Hall–Kier alpha value is -2.31. The molecule has 0 unspecified atom stereocenters. The lowest BCUT2D eigenvalue weighted by atomic mass is 10.0. The number of hydrogen-bond donors (Lipinski definition) is 0. The fourth-order valence-electron chi connectivity index (χ4n) is 5.31. The van der Waals surface area contributed by atoms with Gasteiger partial charge >= 0.3 is 0 Å². The highest BCUT2D eigenvalue weighted by Crippen LogP contribution is 2.37. The fraction of sp³-hybridized carbons (Fsp3) is 0.560. The maximum absolute atomic E-state index is 12.9. The molecule has 4 heterocycles. The Morgan fingerprint density at radius 1 is 1.03 bits per heavy atom. The molecule has 1 aromatic heterocycles. The van der Waals surface area contributed by atoms with E-state index in [1.165, 1.54) is 12.0 Å². The van der Waals surface area contributed by atoms with Crippen LogP contribution in [0, 0.1) is 13.8 Å². The molecule has 1 atom stereocenters. The SMILES string of the molecule is Cc1ccc(CN2C(=O)CCc3c(C)nc([C@@H]4CCCN4C4CCOCC4)nc32)cc1. The molecule has 6 nitrogen and oxygen atoms in total. The third kappa shape index (κ3) is 4.11. The lowest BCUT2D eigenvalue weighted by Gasteiger charge is -2.36. The van der Waals surface area contributed by atoms with Gasteiger partial charge in [0, 0.05) is 36.9 Å². The highest BCUT2D eigenvalue weighted by Gasteiger charge is 2.36. The topological polar surface area (TPSA) is 58.6 Å². The number of aryl methyl sites for hydroxylation is 2. The predicted molar refractivity (Wildman–Crippen MR) is 120 cm³/mol. The van der Waals surface area contributed by atoms with Crippen LogP contribution in [0.4, 0.5) is 5.82 Å². The van der Waals surface area contributed by atoms with E-state index >= 15 is 0 Å². The number of carbonyl (C=O) groups is 1. The van der Waals surface area contributed by atoms with Crippen LogP contribution in [0.5, 0.6) is 0 Å². The van der Waals surface area contributed by atoms with Gasteiger partial charge in [0.2, 0.25) is 5.91 Å². The van der Waals surface area contributed by atoms with E-state index in [0.717, 1.165) is 73.9 Å². The Morgan fingerprint density at radius 3 is 2.58 bits per heavy atom. The van der Waals surface area contributed by atoms with Crippen LogP contribution < -0.4 is 4.90 Å². The van der Waals surface area contributed by atoms with E-state index in [9.17, 15) is 4.79 Å². The number of hydrogen-bond acceptors (Lipinski definition) is 5. The summed E-state index contributed by atoms with van der Waals surface area (Å²) < 4.78 is 5.58. The van der Waals surface area contributed by atoms with Crippen molar-refractivity contribution >= 4 is 11.7 Å². The van der Waals surface area contributed by atoms with Crippen LogP contribution in [-0.2, 0) is 22.5 Å². The maximum Gasteiger partial charge on any atom is 0.228 e. The van der Waals surface area contributed by atoms with Gasteiger partial charge < -0.3 is 4.74 Å². The molecule has 0 bridgehead atoms. The fourth-order valence-corrected chi connectivity index (χ4v) is 5.31. The predicted octanol–water partition coefficient (Wildman–Crippen LogP) is 3.89. The minimum absolute atomic E-state index is 0.157. The molecular weight excluding hydrogens is 388 g/mol. The van der Waals surface area contributed by atoms with E-state index in [1.54, 1.807) is 0 Å². The molecule has 0 saturated carbocycles. The lowest BCUT2D eigenvalue weighted by Crippen LogP contribution is -2.40. The minimum atomic E-state index is 0.157. The minimum Gasteiger partial charge on any atom is -0.381 e. The molecule has 0 spiro atoms. The zero-order valence-electron chi connectivity index (χ0n) is 18.6. The van der Waals surface area contributed by atoms with E-state index in [2.05, 4.69) is 43.0 Å². The summed E-state index contributed by atoms with van der Waals surface area (Å²) >= 11 is 0. The van der Waals surface area contributed by atoms with Crippen molar-refractivity contribution < 1.29 is 9.53 Å². The Bertz CT molecular complexity index is 953. The van der Waals surface area contributed by atoms with Crippen LogP contribution in [0.25, 0.3) is 0 Å². The van der Waals surface area contributed by atoms with Crippen LogP contribution >= 0.6 is 0 Å². The Morgan fingerprint density at radius 2 is 1.81 bits per heavy atom. The molecule has 2 aromatic rings. The average Bonchev–Trinajstić information content (AvgIpc) is 3.28. The quantitative estimate of drug-likeness (QED) is 0.751. The van der Waals surface area contributed by atoms with Crippen molar-refractivity contribution in [3.05, 3.63) is 52.5 Å². The van der Waals surface area contributed by atoms with Gasteiger partial charge in [0.05, 0.1) is 12.6 Å². The number of nitrogens with zero attached hydrogens (tertiary/aromatic N) is 4. The Balaban J connectivity index is 1.47. The summed E-state index contributed by atoms with van der Waals surface area (Å²) in [7, 11) is 0. The van der Waals surface area contributed by atoms with Gasteiger partial charge in [0.15, 0.2) is 0 Å². The molecule has 31 heavy (non-hydrogen) atoms. The van der Waals surface area contributed by atoms with Gasteiger partial charge in [-0.3, -0.25) is 14.6 Å². The first-order chi connectivity index (χ1) is 15.1. The number of ether oxygens (including phenoxy) is 1. The lowest BCUT2D eigenvalue weighted by molar-refractivity contribution is -0.119. The third-order valence-electron chi connectivity index (χ3n) is 7.07. The highest BCUT2D eigenvalue weighted by molar-refractivity contribution is 5.95. The van der Waals surface area contributed by atoms with E-state index in [1.807, 2.05) is 4.90 Å². The second kappa shape index (κ2) is 8.67. The largest absolute Gasteiger partial charge is 0.381 e. The summed E-state index contributed by atoms with van der Waals surface area (Å²) in [6.45, 7) is 7.52. The van der Waals surface area contributed by atoms with E-state index in [0.29, 0.717) is 19.0 Å². The van der Waals surface area contributed by atoms with Crippen molar-refractivity contribution in [2.75, 3.05) is 24.7 Å². The zero-order chi connectivity index (χ0) is 21.4. The second-order valence-electron chi connectivity index (χ2n) is 9.17. The van der Waals surface area contributed by atoms with Crippen molar-refractivity contribution in [2.45, 2.75) is 71.0 Å². The van der Waals surface area contributed by atoms with Crippen LogP contribution in [0.15, 0.2) is 24.3 Å². The standard InChI is InChI=1S/C25H32N4O2/c1-17-5-7-19(8-6-17)16-29-23(30)10-9-21-18(2)26-24(27-25(21)29)22-4-3-13-28(22)20-11-14-31-15-12-20/h5-8,20,22H,3-4,9-16H2,1-2H3/t22-/m0/s1. The Labute approximate surface area is 184 Å². The van der Waals surface area contributed by atoms with Crippen molar-refractivity contribution in [3.63, 3.8) is 0 Å². The Kier molecular flexibility index (Phi) is 5.76. The van der Waals surface area contributed by atoms with Crippen LogP contribution in [0.3, 0.4) is 0 Å². The normalized spacial score (nSPS) is 22.7. The first-order valence-corrected chi connectivity index (χ1v) is 11.7. The molecule has 2 saturated heterocycles. The summed E-state index contributed by atoms with van der Waals surface area (Å²) in [6.07, 6.45) is 5.69. The van der Waals surface area contributed by atoms with Gasteiger partial charge in [-0.2, -0.15) is 0 Å². The number of aromatic nitrogens is 2. The summed E-state index contributed by atoms with van der Waals surface area (Å²) in [5, 5.41) is 0. The summed E-state index contributed by atoms with van der Waals surface area (Å²) in [5.41, 5.74) is 4.52. The monoisotopic (exact) mass is 420 g/mol. The molecule has 3 aliphatic heterocycles. The number of likely N-dealkylation sites (tertiary alicyclic amines) is 1. The summed E-state index contributed by atoms with van der Waals surface area (Å²) in [6, 6.07) is 9.21. The first-order valence-electron chi connectivity index (χ1n) is 11.7. The van der Waals surface area contributed by atoms with E-state index in [4.69, 9.17) is 14.7 Å². The van der Waals surface area contributed by atoms with Crippen molar-refractivity contribution in [1.82, 2.24) is 14.9 Å². The average molecular weight is 421 g/mol. The van der Waals surface area contributed by atoms with Gasteiger partial charge in [0.1, 0.15) is 11.6 Å². The molecule has 1 aromatic carbocycles. The molecule has 0 N–H and O–H groups in total. The van der Waals surface area contributed by atoms with Crippen molar-refractivity contribution in [2.24, 2.45) is 0 Å². The molecular formula is C25H32N4O2. The van der Waals surface area contributed by atoms with Gasteiger partial charge in [0.25, 0.3) is 0 Å². The number of fused-ring (bicyclic) bond motifs is 1. The third-order valence-corrected chi connectivity index (χ3v) is 7.07. The number of benzene rings is 1. The number of carbonyl (C=O) groups excluding carboxylic acids is 1. The highest BCUT2D eigenvalue weighted by atomic mass is 16.5. The van der Waals surface area contributed by atoms with Crippen LogP contribution in [0.1, 0.15) is 66.4 Å². The molecule has 2 fully saturated rings. The molecule has 1 amide bonds. The smallest absolute Gasteiger partial charge is 0.228 e. The molecule has 0 aliphatic carbocycles. The van der Waals surface area contributed by atoms with Crippen molar-refractivity contribution in [3.8, 4) is 0 Å². The summed E-state index contributed by atoms with van der Waals surface area (Å²) in [5.74, 6) is 1.88. The first kappa shape index (κ1) is 20.6. The van der Waals surface area contributed by atoms with E-state index < -0.39 is 0 Å². The van der Waals surface area contributed by atoms with Crippen molar-refractivity contribution in [1.29, 1.82) is 0 Å². The molecule has 6 heteroatoms. The van der Waals surface area contributed by atoms with Gasteiger partial charge in [-0.1, -0.05) is 29.8 Å². The van der Waals surface area contributed by atoms with Crippen LogP contribution in [0.2, 0.25) is 0 Å². The van der Waals surface area contributed by atoms with E-state index in [-0.39, 0.29) is 11.9 Å². The van der Waals surface area contributed by atoms with Gasteiger partial charge in [-0.05, 0) is 58.1 Å². The van der Waals surface area contributed by atoms with Crippen LogP contribution in [-0.4, -0.2) is 46.6 Å². The molecule has 5 rings (SSSR count). The summed E-state index contributed by atoms with van der Waals surface area (Å²) in [4.78, 5) is 27.4. The zero-order valence-corrected chi connectivity index (χ0v) is 18.6. The second-order valence-corrected chi connectivity index (χ2v) is 9.17.